The Morgan fingerprint density at radius 1 is 1.18 bits per heavy atom. The van der Waals surface area contributed by atoms with E-state index in [1.807, 2.05) is 0 Å². The Hall–Kier alpha value is -0.820. The zero-order chi connectivity index (χ0) is 12.3. The monoisotopic (exact) mass is 231 g/mol. The first kappa shape index (κ1) is 12.6. The molecule has 0 saturated carbocycles. The first-order chi connectivity index (χ1) is 8.20. The summed E-state index contributed by atoms with van der Waals surface area (Å²) in [7, 11) is 0. The largest absolute Gasteiger partial charge is 0.314 e. The Bertz CT molecular complexity index is 331. The Labute approximate surface area is 106 Å². The number of rotatable bonds is 5. The standard InChI is InChI=1S/C16H25N/c1-4-17-16(9-12(2)3)15-10-13-7-5-6-8-14(13)11-15/h5-8,12,15-17H,4,9-11H2,1-3H3. The summed E-state index contributed by atoms with van der Waals surface area (Å²) in [6, 6.07) is 9.63. The first-order valence-corrected chi connectivity index (χ1v) is 7.00. The Kier molecular flexibility index (Phi) is 4.22. The van der Waals surface area contributed by atoms with E-state index in [9.17, 15) is 0 Å². The van der Waals surface area contributed by atoms with Gasteiger partial charge in [0.1, 0.15) is 0 Å². The molecule has 0 aliphatic heterocycles. The molecular formula is C16H25N. The average Bonchev–Trinajstić information content (AvgIpc) is 2.71. The highest BCUT2D eigenvalue weighted by Crippen LogP contribution is 2.30. The van der Waals surface area contributed by atoms with Crippen LogP contribution in [0.25, 0.3) is 0 Å². The summed E-state index contributed by atoms with van der Waals surface area (Å²) < 4.78 is 0. The molecule has 0 aromatic heterocycles. The molecule has 1 heteroatoms. The number of hydrogen-bond acceptors (Lipinski definition) is 1. The molecule has 2 rings (SSSR count). The van der Waals surface area contributed by atoms with E-state index >= 15 is 0 Å². The number of nitrogens with one attached hydrogen (secondary N) is 1. The highest BCUT2D eigenvalue weighted by atomic mass is 14.9. The van der Waals surface area contributed by atoms with E-state index in [0.717, 1.165) is 18.4 Å². The zero-order valence-electron chi connectivity index (χ0n) is 11.4. The van der Waals surface area contributed by atoms with Crippen LogP contribution in [0.1, 0.15) is 38.3 Å². The minimum atomic E-state index is 0.687. The molecule has 1 aromatic carbocycles. The highest BCUT2D eigenvalue weighted by Gasteiger charge is 2.28. The van der Waals surface area contributed by atoms with Crippen LogP contribution in [0.15, 0.2) is 24.3 Å². The maximum absolute atomic E-state index is 3.69. The summed E-state index contributed by atoms with van der Waals surface area (Å²) in [4.78, 5) is 0. The van der Waals surface area contributed by atoms with Crippen molar-refractivity contribution in [2.24, 2.45) is 11.8 Å². The minimum Gasteiger partial charge on any atom is -0.314 e. The van der Waals surface area contributed by atoms with Crippen molar-refractivity contribution in [2.45, 2.75) is 46.1 Å². The Balaban J connectivity index is 2.03. The second kappa shape index (κ2) is 5.68. The predicted octanol–water partition coefficient (Wildman–Crippen LogP) is 3.43. The summed E-state index contributed by atoms with van der Waals surface area (Å²) in [5.41, 5.74) is 3.15. The first-order valence-electron chi connectivity index (χ1n) is 7.00. The Morgan fingerprint density at radius 3 is 2.24 bits per heavy atom. The third-order valence-corrected chi connectivity index (χ3v) is 3.84. The van der Waals surface area contributed by atoms with Gasteiger partial charge in [-0.25, -0.2) is 0 Å². The van der Waals surface area contributed by atoms with Crippen LogP contribution < -0.4 is 5.32 Å². The lowest BCUT2D eigenvalue weighted by molar-refractivity contribution is 0.318. The van der Waals surface area contributed by atoms with Crippen LogP contribution in [0.2, 0.25) is 0 Å². The van der Waals surface area contributed by atoms with Gasteiger partial charge in [-0.15, -0.1) is 0 Å². The van der Waals surface area contributed by atoms with Crippen molar-refractivity contribution in [2.75, 3.05) is 6.54 Å². The van der Waals surface area contributed by atoms with Crippen LogP contribution in [-0.2, 0) is 12.8 Å². The predicted molar refractivity (Wildman–Crippen MR) is 74.3 cm³/mol. The highest BCUT2D eigenvalue weighted by molar-refractivity contribution is 5.32. The lowest BCUT2D eigenvalue weighted by Crippen LogP contribution is -2.37. The van der Waals surface area contributed by atoms with Crippen molar-refractivity contribution in [3.8, 4) is 0 Å². The van der Waals surface area contributed by atoms with Crippen molar-refractivity contribution < 1.29 is 0 Å². The van der Waals surface area contributed by atoms with E-state index in [4.69, 9.17) is 0 Å². The normalized spacial score (nSPS) is 17.4. The smallest absolute Gasteiger partial charge is 0.0104 e. The van der Waals surface area contributed by atoms with E-state index in [-0.39, 0.29) is 0 Å². The van der Waals surface area contributed by atoms with Gasteiger partial charge in [-0.05, 0) is 48.8 Å². The topological polar surface area (TPSA) is 12.0 Å². The molecule has 1 unspecified atom stereocenters. The van der Waals surface area contributed by atoms with E-state index in [0.29, 0.717) is 6.04 Å². The molecule has 0 bridgehead atoms. The molecule has 1 aromatic rings. The molecular weight excluding hydrogens is 206 g/mol. The van der Waals surface area contributed by atoms with Crippen molar-refractivity contribution >= 4 is 0 Å². The van der Waals surface area contributed by atoms with Crippen LogP contribution in [0.5, 0.6) is 0 Å². The van der Waals surface area contributed by atoms with Crippen molar-refractivity contribution in [3.63, 3.8) is 0 Å². The van der Waals surface area contributed by atoms with Gasteiger partial charge >= 0.3 is 0 Å². The van der Waals surface area contributed by atoms with Crippen LogP contribution >= 0.6 is 0 Å². The van der Waals surface area contributed by atoms with Gasteiger partial charge in [-0.2, -0.15) is 0 Å². The fraction of sp³-hybridized carbons (Fsp3) is 0.625. The quantitative estimate of drug-likeness (QED) is 0.818. The molecule has 1 aliphatic rings. The minimum absolute atomic E-state index is 0.687. The molecule has 0 saturated heterocycles. The van der Waals surface area contributed by atoms with Gasteiger partial charge in [-0.1, -0.05) is 45.0 Å². The van der Waals surface area contributed by atoms with Gasteiger partial charge in [-0.3, -0.25) is 0 Å². The molecule has 17 heavy (non-hydrogen) atoms. The number of benzene rings is 1. The maximum Gasteiger partial charge on any atom is 0.0104 e. The summed E-state index contributed by atoms with van der Waals surface area (Å²) in [5.74, 6) is 1.58. The molecule has 1 nitrogen and oxygen atoms in total. The van der Waals surface area contributed by atoms with Crippen molar-refractivity contribution in [3.05, 3.63) is 35.4 Å². The second-order valence-corrected chi connectivity index (χ2v) is 5.73. The van der Waals surface area contributed by atoms with E-state index in [1.165, 1.54) is 19.3 Å². The second-order valence-electron chi connectivity index (χ2n) is 5.73. The molecule has 0 amide bonds. The SMILES string of the molecule is CCNC(CC(C)C)C1Cc2ccccc2C1. The van der Waals surface area contributed by atoms with Gasteiger partial charge in [0.15, 0.2) is 0 Å². The molecule has 94 valence electrons. The van der Waals surface area contributed by atoms with Crippen LogP contribution in [-0.4, -0.2) is 12.6 Å². The fourth-order valence-corrected chi connectivity index (χ4v) is 3.09. The fourth-order valence-electron chi connectivity index (χ4n) is 3.09. The van der Waals surface area contributed by atoms with Crippen molar-refractivity contribution in [1.82, 2.24) is 5.32 Å². The van der Waals surface area contributed by atoms with Gasteiger partial charge in [0, 0.05) is 6.04 Å². The third-order valence-electron chi connectivity index (χ3n) is 3.84. The van der Waals surface area contributed by atoms with Crippen LogP contribution in [0, 0.1) is 11.8 Å². The van der Waals surface area contributed by atoms with Crippen LogP contribution in [0.3, 0.4) is 0 Å². The summed E-state index contributed by atoms with van der Waals surface area (Å²) >= 11 is 0. The zero-order valence-corrected chi connectivity index (χ0v) is 11.4. The van der Waals surface area contributed by atoms with E-state index in [2.05, 4.69) is 50.4 Å². The third kappa shape index (κ3) is 3.10. The lowest BCUT2D eigenvalue weighted by atomic mass is 9.90. The molecule has 0 radical (unpaired) electrons. The van der Waals surface area contributed by atoms with Crippen LogP contribution in [0.4, 0.5) is 0 Å². The van der Waals surface area contributed by atoms with Gasteiger partial charge in [0.2, 0.25) is 0 Å². The van der Waals surface area contributed by atoms with E-state index < -0.39 is 0 Å². The average molecular weight is 231 g/mol. The molecule has 1 atom stereocenters. The maximum atomic E-state index is 3.69. The van der Waals surface area contributed by atoms with Gasteiger partial charge in [0.25, 0.3) is 0 Å². The molecule has 0 heterocycles. The lowest BCUT2D eigenvalue weighted by Gasteiger charge is -2.26. The number of hydrogen-bond donors (Lipinski definition) is 1. The number of fused-ring (bicyclic) bond motifs is 1. The van der Waals surface area contributed by atoms with Gasteiger partial charge < -0.3 is 5.32 Å². The molecule has 1 aliphatic carbocycles. The summed E-state index contributed by atoms with van der Waals surface area (Å²) in [6.07, 6.45) is 3.83. The molecule has 0 spiro atoms. The molecule has 0 fully saturated rings. The van der Waals surface area contributed by atoms with E-state index in [1.54, 1.807) is 11.1 Å². The van der Waals surface area contributed by atoms with Gasteiger partial charge in [0.05, 0.1) is 0 Å². The van der Waals surface area contributed by atoms with Crippen molar-refractivity contribution in [1.29, 1.82) is 0 Å². The molecule has 1 N–H and O–H groups in total. The Morgan fingerprint density at radius 2 is 1.76 bits per heavy atom. The summed E-state index contributed by atoms with van der Waals surface area (Å²) in [5, 5.41) is 3.69. The summed E-state index contributed by atoms with van der Waals surface area (Å²) in [6.45, 7) is 7.96.